The van der Waals surface area contributed by atoms with Crippen LogP contribution in [0.25, 0.3) is 0 Å². The van der Waals surface area contributed by atoms with Crippen molar-refractivity contribution in [3.05, 3.63) is 59.7 Å². The van der Waals surface area contributed by atoms with Crippen LogP contribution in [0.3, 0.4) is 0 Å². The summed E-state index contributed by atoms with van der Waals surface area (Å²) in [5.41, 5.74) is 1.29. The van der Waals surface area contributed by atoms with Crippen molar-refractivity contribution in [3.8, 4) is 5.75 Å². The van der Waals surface area contributed by atoms with E-state index >= 15 is 0 Å². The van der Waals surface area contributed by atoms with Gasteiger partial charge >= 0.3 is 0 Å². The molecule has 140 valence electrons. The van der Waals surface area contributed by atoms with Crippen molar-refractivity contribution >= 4 is 15.9 Å². The highest BCUT2D eigenvalue weighted by molar-refractivity contribution is 7.89. The molecule has 0 aromatic heterocycles. The summed E-state index contributed by atoms with van der Waals surface area (Å²) in [7, 11) is 2.24. The largest absolute Gasteiger partial charge is 0.495 e. The average molecular weight is 376 g/mol. The lowest BCUT2D eigenvalue weighted by molar-refractivity contribution is 0.0742. The first-order valence-corrected chi connectivity index (χ1v) is 9.56. The minimum Gasteiger partial charge on any atom is -0.495 e. The molecule has 0 bridgehead atoms. The summed E-state index contributed by atoms with van der Waals surface area (Å²) in [6, 6.07) is 13.9. The average Bonchev–Trinajstić information content (AvgIpc) is 2.66. The third-order valence-corrected chi connectivity index (χ3v) is 6.19. The lowest BCUT2D eigenvalue weighted by Crippen LogP contribution is -2.30. The maximum atomic E-state index is 12.9. The second-order valence-corrected chi connectivity index (χ2v) is 8.28. The van der Waals surface area contributed by atoms with Gasteiger partial charge in [-0.15, -0.1) is 0 Å². The molecular formula is C19H24N2O4S. The normalized spacial score (nSPS) is 12.7. The Morgan fingerprint density at radius 1 is 1.04 bits per heavy atom. The summed E-state index contributed by atoms with van der Waals surface area (Å²) in [6.07, 6.45) is 0. The highest BCUT2D eigenvalue weighted by Crippen LogP contribution is 2.28. The second kappa shape index (κ2) is 7.88. The van der Waals surface area contributed by atoms with Crippen LogP contribution >= 0.6 is 0 Å². The predicted octanol–water partition coefficient (Wildman–Crippen LogP) is 2.78. The lowest BCUT2D eigenvalue weighted by Gasteiger charge is -2.26. The first-order chi connectivity index (χ1) is 12.2. The van der Waals surface area contributed by atoms with Gasteiger partial charge < -0.3 is 9.64 Å². The van der Waals surface area contributed by atoms with Crippen LogP contribution in [0.4, 0.5) is 0 Å². The Bertz CT molecular complexity index is 880. The van der Waals surface area contributed by atoms with Gasteiger partial charge in [-0.3, -0.25) is 4.79 Å². The first kappa shape index (κ1) is 19.9. The van der Waals surface area contributed by atoms with Crippen molar-refractivity contribution in [3.63, 3.8) is 0 Å². The zero-order chi connectivity index (χ0) is 19.5. The van der Waals surface area contributed by atoms with Crippen molar-refractivity contribution < 1.29 is 17.9 Å². The van der Waals surface area contributed by atoms with E-state index in [1.807, 2.05) is 37.3 Å². The molecule has 0 unspecified atom stereocenters. The van der Waals surface area contributed by atoms with Gasteiger partial charge in [0.25, 0.3) is 5.91 Å². The first-order valence-electron chi connectivity index (χ1n) is 8.12. The molecule has 2 aromatic rings. The van der Waals surface area contributed by atoms with Gasteiger partial charge in [-0.1, -0.05) is 30.3 Å². The minimum absolute atomic E-state index is 0.0309. The molecule has 0 aliphatic carbocycles. The topological polar surface area (TPSA) is 66.9 Å². The molecule has 0 spiro atoms. The number of carbonyl (C=O) groups excluding carboxylic acids is 1. The van der Waals surface area contributed by atoms with Crippen molar-refractivity contribution in [2.45, 2.75) is 17.9 Å². The molecule has 2 rings (SSSR count). The van der Waals surface area contributed by atoms with Gasteiger partial charge in [0.2, 0.25) is 10.0 Å². The highest BCUT2D eigenvalue weighted by atomic mass is 32.2. The maximum absolute atomic E-state index is 12.9. The zero-order valence-electron chi connectivity index (χ0n) is 15.6. The van der Waals surface area contributed by atoms with E-state index in [1.165, 1.54) is 33.3 Å². The maximum Gasteiger partial charge on any atom is 0.254 e. The number of methoxy groups -OCH3 is 1. The van der Waals surface area contributed by atoms with Gasteiger partial charge in [0.1, 0.15) is 10.6 Å². The van der Waals surface area contributed by atoms with E-state index < -0.39 is 10.0 Å². The molecule has 6 nitrogen and oxygen atoms in total. The van der Waals surface area contributed by atoms with Crippen LogP contribution in [-0.2, 0) is 10.0 Å². The number of carbonyl (C=O) groups is 1. The Balaban J connectivity index is 2.41. The second-order valence-electron chi connectivity index (χ2n) is 6.16. The number of nitrogens with zero attached hydrogens (tertiary/aromatic N) is 2. The number of benzene rings is 2. The van der Waals surface area contributed by atoms with Gasteiger partial charge in [-0.25, -0.2) is 12.7 Å². The van der Waals surface area contributed by atoms with E-state index in [9.17, 15) is 13.2 Å². The van der Waals surface area contributed by atoms with Gasteiger partial charge in [0.15, 0.2) is 0 Å². The minimum atomic E-state index is -3.74. The number of hydrogen-bond acceptors (Lipinski definition) is 4. The van der Waals surface area contributed by atoms with E-state index in [-0.39, 0.29) is 28.2 Å². The fourth-order valence-corrected chi connectivity index (χ4v) is 3.62. The standard InChI is InChI=1S/C19H24N2O4S/c1-14(15-9-7-6-8-10-15)21(4)19(22)16-11-12-17(25-5)18(13-16)26(23,24)20(2)3/h6-14H,1-5H3/t14-/m0/s1. The molecule has 0 fully saturated rings. The summed E-state index contributed by atoms with van der Waals surface area (Å²) in [5.74, 6) is -0.0618. The van der Waals surface area contributed by atoms with Gasteiger partial charge in [0, 0.05) is 26.7 Å². The quantitative estimate of drug-likeness (QED) is 0.777. The number of amides is 1. The Kier molecular flexibility index (Phi) is 6.05. The Hall–Kier alpha value is -2.38. The van der Waals surface area contributed by atoms with E-state index in [2.05, 4.69) is 0 Å². The number of sulfonamides is 1. The molecule has 1 atom stereocenters. The van der Waals surface area contributed by atoms with Crippen molar-refractivity contribution in [1.29, 1.82) is 0 Å². The summed E-state index contributed by atoms with van der Waals surface area (Å²) in [4.78, 5) is 14.4. The van der Waals surface area contributed by atoms with Crippen LogP contribution in [0.1, 0.15) is 28.9 Å². The lowest BCUT2D eigenvalue weighted by atomic mass is 10.1. The van der Waals surface area contributed by atoms with E-state index in [1.54, 1.807) is 18.0 Å². The fourth-order valence-electron chi connectivity index (χ4n) is 2.54. The van der Waals surface area contributed by atoms with Crippen LogP contribution in [-0.4, -0.2) is 51.8 Å². The molecule has 0 aliphatic rings. The smallest absolute Gasteiger partial charge is 0.254 e. The molecule has 0 N–H and O–H groups in total. The molecule has 7 heteroatoms. The van der Waals surface area contributed by atoms with Crippen molar-refractivity contribution in [2.75, 3.05) is 28.3 Å². The molecule has 2 aromatic carbocycles. The summed E-state index contributed by atoms with van der Waals surface area (Å²) >= 11 is 0. The monoisotopic (exact) mass is 376 g/mol. The van der Waals surface area contributed by atoms with Crippen molar-refractivity contribution in [1.82, 2.24) is 9.21 Å². The van der Waals surface area contributed by atoms with Crippen molar-refractivity contribution in [2.24, 2.45) is 0 Å². The molecule has 0 heterocycles. The Morgan fingerprint density at radius 3 is 2.19 bits per heavy atom. The third-order valence-electron chi connectivity index (χ3n) is 4.35. The fraction of sp³-hybridized carbons (Fsp3) is 0.316. The molecule has 0 aliphatic heterocycles. The third kappa shape index (κ3) is 3.89. The van der Waals surface area contributed by atoms with Crippen LogP contribution in [0.15, 0.2) is 53.4 Å². The molecular weight excluding hydrogens is 352 g/mol. The number of ether oxygens (including phenoxy) is 1. The van der Waals surface area contributed by atoms with E-state index in [4.69, 9.17) is 4.74 Å². The van der Waals surface area contributed by atoms with Gasteiger partial charge in [-0.2, -0.15) is 0 Å². The number of rotatable bonds is 6. The van der Waals surface area contributed by atoms with Gasteiger partial charge in [0.05, 0.1) is 13.2 Å². The van der Waals surface area contributed by atoms with Crippen LogP contribution < -0.4 is 4.74 Å². The summed E-state index contributed by atoms with van der Waals surface area (Å²) in [6.45, 7) is 1.92. The van der Waals surface area contributed by atoms with Gasteiger partial charge in [-0.05, 0) is 30.7 Å². The summed E-state index contributed by atoms with van der Waals surface area (Å²) < 4.78 is 31.3. The van der Waals surface area contributed by atoms with E-state index in [0.29, 0.717) is 0 Å². The molecule has 1 amide bonds. The summed E-state index contributed by atoms with van der Waals surface area (Å²) in [5, 5.41) is 0. The van der Waals surface area contributed by atoms with Crippen LogP contribution in [0.5, 0.6) is 5.75 Å². The molecule has 0 saturated carbocycles. The van der Waals surface area contributed by atoms with Crippen LogP contribution in [0.2, 0.25) is 0 Å². The van der Waals surface area contributed by atoms with E-state index in [0.717, 1.165) is 9.87 Å². The highest BCUT2D eigenvalue weighted by Gasteiger charge is 2.26. The molecule has 0 radical (unpaired) electrons. The SMILES string of the molecule is COc1ccc(C(=O)N(C)[C@@H](C)c2ccccc2)cc1S(=O)(=O)N(C)C. The predicted molar refractivity (Wildman–Crippen MR) is 101 cm³/mol. The number of hydrogen-bond donors (Lipinski definition) is 0. The zero-order valence-corrected chi connectivity index (χ0v) is 16.4. The molecule has 26 heavy (non-hydrogen) atoms. The molecule has 0 saturated heterocycles. The Labute approximate surface area is 155 Å². The van der Waals surface area contributed by atoms with Crippen LogP contribution in [0, 0.1) is 0 Å². The Morgan fingerprint density at radius 2 is 1.65 bits per heavy atom.